The number of benzene rings is 3. The number of ether oxygens (including phenoxy) is 1. The Balaban J connectivity index is 1.60. The Morgan fingerprint density at radius 3 is 2.44 bits per heavy atom. The van der Waals surface area contributed by atoms with Crippen molar-refractivity contribution in [1.82, 2.24) is 4.90 Å². The van der Waals surface area contributed by atoms with E-state index in [9.17, 15) is 9.59 Å². The van der Waals surface area contributed by atoms with Crippen LogP contribution in [0, 0.1) is 6.92 Å². The van der Waals surface area contributed by atoms with Gasteiger partial charge in [-0.1, -0.05) is 48.0 Å². The van der Waals surface area contributed by atoms with Crippen molar-refractivity contribution in [2.75, 3.05) is 12.4 Å². The van der Waals surface area contributed by atoms with E-state index in [-0.39, 0.29) is 23.9 Å². The van der Waals surface area contributed by atoms with Crippen LogP contribution in [0.3, 0.4) is 0 Å². The van der Waals surface area contributed by atoms with E-state index in [1.165, 1.54) is 0 Å². The maximum atomic E-state index is 13.8. The summed E-state index contributed by atoms with van der Waals surface area (Å²) in [5.41, 5.74) is 4.21. The molecule has 5 nitrogen and oxygen atoms in total. The smallest absolute Gasteiger partial charge is 0.254 e. The number of fused-ring (bicyclic) bond motifs is 1. The Kier molecular flexibility index (Phi) is 5.17. The summed E-state index contributed by atoms with van der Waals surface area (Å²) in [6, 6.07) is 22.8. The molecule has 1 N–H and O–H groups in total. The van der Waals surface area contributed by atoms with Crippen LogP contribution in [-0.2, 0) is 4.79 Å². The summed E-state index contributed by atoms with van der Waals surface area (Å²) < 4.78 is 5.23. The number of hydrogen-bond donors (Lipinski definition) is 1. The number of nitrogens with one attached hydrogen (secondary N) is 1. The second kappa shape index (κ2) is 8.15. The SMILES string of the molecule is COc1ccc(NC(=O)[C@@H]2c3ccccc3C(=O)N(C3CC3)[C@@H]2c2cccc(C)c2)cc1. The van der Waals surface area contributed by atoms with Gasteiger partial charge in [-0.2, -0.15) is 0 Å². The lowest BCUT2D eigenvalue weighted by Crippen LogP contribution is -2.47. The zero-order valence-corrected chi connectivity index (χ0v) is 18.2. The fourth-order valence-corrected chi connectivity index (χ4v) is 4.69. The number of aryl methyl sites for hydroxylation is 1. The maximum Gasteiger partial charge on any atom is 0.254 e. The van der Waals surface area contributed by atoms with Crippen molar-refractivity contribution in [1.29, 1.82) is 0 Å². The van der Waals surface area contributed by atoms with E-state index in [2.05, 4.69) is 11.4 Å². The standard InChI is InChI=1S/C27H26N2O3/c1-17-6-5-7-18(16-17)25-24(26(30)28-19-10-14-21(32-2)15-11-19)22-8-3-4-9-23(22)27(31)29(25)20-12-13-20/h3-11,14-16,20,24-25H,12-13H2,1-2H3,(H,28,30)/t24-,25-/m1/s1. The average Bonchev–Trinajstić information content (AvgIpc) is 3.64. The average molecular weight is 427 g/mol. The van der Waals surface area contributed by atoms with E-state index in [1.54, 1.807) is 7.11 Å². The Hall–Kier alpha value is -3.60. The highest BCUT2D eigenvalue weighted by atomic mass is 16.5. The van der Waals surface area contributed by atoms with E-state index in [0.717, 1.165) is 35.3 Å². The number of carbonyl (C=O) groups is 2. The molecule has 162 valence electrons. The number of methoxy groups -OCH3 is 1. The van der Waals surface area contributed by atoms with E-state index in [0.29, 0.717) is 11.3 Å². The number of amides is 2. The summed E-state index contributed by atoms with van der Waals surface area (Å²) in [6.45, 7) is 2.04. The van der Waals surface area contributed by atoms with Gasteiger partial charge >= 0.3 is 0 Å². The predicted octanol–water partition coefficient (Wildman–Crippen LogP) is 5.09. The van der Waals surface area contributed by atoms with Gasteiger partial charge in [-0.15, -0.1) is 0 Å². The molecule has 0 aromatic heterocycles. The van der Waals surface area contributed by atoms with Crippen LogP contribution in [0.1, 0.15) is 51.8 Å². The largest absolute Gasteiger partial charge is 0.497 e. The van der Waals surface area contributed by atoms with Gasteiger partial charge in [0.1, 0.15) is 5.75 Å². The molecule has 32 heavy (non-hydrogen) atoms. The molecule has 2 amide bonds. The molecule has 0 radical (unpaired) electrons. The quantitative estimate of drug-likeness (QED) is 0.619. The summed E-state index contributed by atoms with van der Waals surface area (Å²) in [5, 5.41) is 3.08. The summed E-state index contributed by atoms with van der Waals surface area (Å²) in [7, 11) is 1.61. The van der Waals surface area contributed by atoms with Gasteiger partial charge in [-0.05, 0) is 61.2 Å². The van der Waals surface area contributed by atoms with Gasteiger partial charge in [-0.25, -0.2) is 0 Å². The first kappa shape index (κ1) is 20.3. The van der Waals surface area contributed by atoms with Crippen molar-refractivity contribution in [3.63, 3.8) is 0 Å². The molecule has 1 heterocycles. The van der Waals surface area contributed by atoms with Crippen molar-refractivity contribution in [3.8, 4) is 5.75 Å². The van der Waals surface area contributed by atoms with Crippen molar-refractivity contribution >= 4 is 17.5 Å². The van der Waals surface area contributed by atoms with Crippen LogP contribution < -0.4 is 10.1 Å². The lowest BCUT2D eigenvalue weighted by molar-refractivity contribution is -0.119. The molecular formula is C27H26N2O3. The predicted molar refractivity (Wildman–Crippen MR) is 124 cm³/mol. The second-order valence-electron chi connectivity index (χ2n) is 8.59. The van der Waals surface area contributed by atoms with Crippen molar-refractivity contribution in [3.05, 3.63) is 95.1 Å². The highest BCUT2D eigenvalue weighted by Crippen LogP contribution is 2.48. The molecular weight excluding hydrogens is 400 g/mol. The van der Waals surface area contributed by atoms with Gasteiger partial charge in [0, 0.05) is 17.3 Å². The Bertz CT molecular complexity index is 1170. The summed E-state index contributed by atoms with van der Waals surface area (Å²) >= 11 is 0. The van der Waals surface area contributed by atoms with Crippen LogP contribution in [0.5, 0.6) is 5.75 Å². The van der Waals surface area contributed by atoms with Crippen LogP contribution in [0.2, 0.25) is 0 Å². The fraction of sp³-hybridized carbons (Fsp3) is 0.259. The number of carbonyl (C=O) groups excluding carboxylic acids is 2. The number of anilines is 1. The van der Waals surface area contributed by atoms with E-state index < -0.39 is 5.92 Å². The van der Waals surface area contributed by atoms with Gasteiger partial charge in [0.25, 0.3) is 5.91 Å². The maximum absolute atomic E-state index is 13.8. The minimum atomic E-state index is -0.506. The molecule has 5 heteroatoms. The minimum Gasteiger partial charge on any atom is -0.497 e. The minimum absolute atomic E-state index is 0.0168. The molecule has 2 atom stereocenters. The third kappa shape index (κ3) is 3.64. The molecule has 1 fully saturated rings. The molecule has 1 saturated carbocycles. The molecule has 3 aromatic carbocycles. The van der Waals surface area contributed by atoms with Gasteiger partial charge in [-0.3, -0.25) is 9.59 Å². The fourth-order valence-electron chi connectivity index (χ4n) is 4.69. The zero-order chi connectivity index (χ0) is 22.2. The molecule has 0 spiro atoms. The monoisotopic (exact) mass is 426 g/mol. The number of rotatable bonds is 5. The van der Waals surface area contributed by atoms with Gasteiger partial charge in [0.05, 0.1) is 19.1 Å². The molecule has 1 aliphatic carbocycles. The highest BCUT2D eigenvalue weighted by Gasteiger charge is 2.49. The molecule has 5 rings (SSSR count). The molecule has 0 saturated heterocycles. The number of nitrogens with zero attached hydrogens (tertiary/aromatic N) is 1. The lowest BCUT2D eigenvalue weighted by atomic mass is 9.78. The van der Waals surface area contributed by atoms with Gasteiger partial charge in [0.2, 0.25) is 5.91 Å². The van der Waals surface area contributed by atoms with Crippen molar-refractivity contribution in [2.45, 2.75) is 37.8 Å². The second-order valence-corrected chi connectivity index (χ2v) is 8.59. The molecule has 3 aromatic rings. The third-order valence-electron chi connectivity index (χ3n) is 6.34. The molecule has 0 bridgehead atoms. The van der Waals surface area contributed by atoms with Crippen molar-refractivity contribution < 1.29 is 14.3 Å². The first-order valence-electron chi connectivity index (χ1n) is 11.0. The lowest BCUT2D eigenvalue weighted by Gasteiger charge is -2.42. The van der Waals surface area contributed by atoms with Crippen LogP contribution in [0.25, 0.3) is 0 Å². The summed E-state index contributed by atoms with van der Waals surface area (Å²) in [4.78, 5) is 29.3. The summed E-state index contributed by atoms with van der Waals surface area (Å²) in [5.74, 6) is 0.123. The summed E-state index contributed by atoms with van der Waals surface area (Å²) in [6.07, 6.45) is 1.95. The molecule has 0 unspecified atom stereocenters. The van der Waals surface area contributed by atoms with Crippen LogP contribution in [0.4, 0.5) is 5.69 Å². The Morgan fingerprint density at radius 2 is 1.75 bits per heavy atom. The van der Waals surface area contributed by atoms with Gasteiger partial charge in [0.15, 0.2) is 0 Å². The van der Waals surface area contributed by atoms with E-state index >= 15 is 0 Å². The van der Waals surface area contributed by atoms with E-state index in [4.69, 9.17) is 4.74 Å². The Labute approximate surface area is 188 Å². The van der Waals surface area contributed by atoms with E-state index in [1.807, 2.05) is 78.6 Å². The van der Waals surface area contributed by atoms with Crippen LogP contribution in [-0.4, -0.2) is 29.9 Å². The topological polar surface area (TPSA) is 58.6 Å². The number of hydrogen-bond acceptors (Lipinski definition) is 3. The normalized spacial score (nSPS) is 19.9. The zero-order valence-electron chi connectivity index (χ0n) is 18.2. The highest BCUT2D eigenvalue weighted by molar-refractivity contribution is 6.04. The van der Waals surface area contributed by atoms with Crippen LogP contribution >= 0.6 is 0 Å². The van der Waals surface area contributed by atoms with Crippen LogP contribution in [0.15, 0.2) is 72.8 Å². The van der Waals surface area contributed by atoms with Crippen molar-refractivity contribution in [2.24, 2.45) is 0 Å². The molecule has 2 aliphatic rings. The Morgan fingerprint density at radius 1 is 1.00 bits per heavy atom. The first-order chi connectivity index (χ1) is 15.6. The third-order valence-corrected chi connectivity index (χ3v) is 6.34. The van der Waals surface area contributed by atoms with Gasteiger partial charge < -0.3 is 15.0 Å². The first-order valence-corrected chi connectivity index (χ1v) is 11.0. The molecule has 1 aliphatic heterocycles.